The number of aryl methyl sites for hydroxylation is 1. The Kier molecular flexibility index (Phi) is 4.82. The molecule has 0 saturated carbocycles. The third-order valence-corrected chi connectivity index (χ3v) is 5.08. The second-order valence-corrected chi connectivity index (χ2v) is 6.36. The molecule has 1 aromatic heterocycles. The Morgan fingerprint density at radius 2 is 2.14 bits per heavy atom. The van der Waals surface area contributed by atoms with Crippen LogP contribution < -0.4 is 4.90 Å². The third-order valence-electron chi connectivity index (χ3n) is 3.73. The summed E-state index contributed by atoms with van der Waals surface area (Å²) in [5.41, 5.74) is 1.75. The van der Waals surface area contributed by atoms with Crippen molar-refractivity contribution in [1.29, 1.82) is 10.5 Å². The molecule has 110 valence electrons. The van der Waals surface area contributed by atoms with Crippen molar-refractivity contribution in [3.05, 3.63) is 16.0 Å². The van der Waals surface area contributed by atoms with Crippen molar-refractivity contribution in [2.45, 2.75) is 32.6 Å². The molecule has 0 saturated heterocycles. The molecule has 0 bridgehead atoms. The first-order chi connectivity index (χ1) is 10.1. The Balaban J connectivity index is 2.36. The number of rotatable bonds is 5. The first-order valence-electron chi connectivity index (χ1n) is 6.97. The summed E-state index contributed by atoms with van der Waals surface area (Å²) in [5.74, 6) is -1.47. The molecule has 0 amide bonds. The molecule has 21 heavy (non-hydrogen) atoms. The number of hydrogen-bond acceptors (Lipinski definition) is 5. The molecular weight excluding hydrogens is 286 g/mol. The molecule has 1 aliphatic rings. The predicted molar refractivity (Wildman–Crippen MR) is 80.3 cm³/mol. The predicted octanol–water partition coefficient (Wildman–Crippen LogP) is 2.55. The van der Waals surface area contributed by atoms with Gasteiger partial charge in [-0.2, -0.15) is 10.5 Å². The Hall–Kier alpha value is -2.05. The lowest BCUT2D eigenvalue weighted by Gasteiger charge is -2.22. The minimum atomic E-state index is -0.891. The van der Waals surface area contributed by atoms with Crippen molar-refractivity contribution in [1.82, 2.24) is 0 Å². The Bertz CT molecular complexity index is 624. The van der Waals surface area contributed by atoms with E-state index < -0.39 is 11.9 Å². The molecule has 1 heterocycles. The number of nitriles is 2. The summed E-state index contributed by atoms with van der Waals surface area (Å²) in [5, 5.41) is 28.3. The van der Waals surface area contributed by atoms with Crippen LogP contribution in [0, 0.1) is 28.6 Å². The number of nitrogens with zero attached hydrogens (tertiary/aromatic N) is 3. The first kappa shape index (κ1) is 15.3. The molecule has 5 nitrogen and oxygen atoms in total. The van der Waals surface area contributed by atoms with Gasteiger partial charge in [-0.05, 0) is 31.2 Å². The smallest absolute Gasteiger partial charge is 0.308 e. The number of thiophene rings is 1. The van der Waals surface area contributed by atoms with Gasteiger partial charge in [0.05, 0.1) is 17.6 Å². The van der Waals surface area contributed by atoms with Crippen LogP contribution in [0.5, 0.6) is 0 Å². The summed E-state index contributed by atoms with van der Waals surface area (Å²) < 4.78 is 0. The summed E-state index contributed by atoms with van der Waals surface area (Å²) in [7, 11) is 0. The van der Waals surface area contributed by atoms with E-state index in [-0.39, 0.29) is 13.1 Å². The van der Waals surface area contributed by atoms with E-state index in [9.17, 15) is 10.1 Å². The van der Waals surface area contributed by atoms with Gasteiger partial charge in [-0.25, -0.2) is 0 Å². The number of carbonyl (C=O) groups is 1. The SMILES string of the molecule is CC(CN(CC#N)c1sc2c(c1C#N)CCCC2)C(=O)O. The first-order valence-corrected chi connectivity index (χ1v) is 7.79. The maximum Gasteiger partial charge on any atom is 0.308 e. The zero-order valence-electron chi connectivity index (χ0n) is 11.9. The van der Waals surface area contributed by atoms with Gasteiger partial charge >= 0.3 is 5.97 Å². The second kappa shape index (κ2) is 6.60. The van der Waals surface area contributed by atoms with Crippen molar-refractivity contribution >= 4 is 22.3 Å². The molecule has 0 fully saturated rings. The molecule has 0 aromatic carbocycles. The highest BCUT2D eigenvalue weighted by Crippen LogP contribution is 2.39. The van der Waals surface area contributed by atoms with E-state index in [1.165, 1.54) is 4.88 Å². The molecule has 0 spiro atoms. The minimum Gasteiger partial charge on any atom is -0.481 e. The highest BCUT2D eigenvalue weighted by molar-refractivity contribution is 7.16. The maximum absolute atomic E-state index is 11.0. The number of carboxylic acids is 1. The van der Waals surface area contributed by atoms with Gasteiger partial charge in [-0.1, -0.05) is 6.92 Å². The van der Waals surface area contributed by atoms with Crippen molar-refractivity contribution in [3.8, 4) is 12.1 Å². The van der Waals surface area contributed by atoms with Crippen LogP contribution in [-0.2, 0) is 17.6 Å². The lowest BCUT2D eigenvalue weighted by molar-refractivity contribution is -0.140. The van der Waals surface area contributed by atoms with Crippen LogP contribution in [0.3, 0.4) is 0 Å². The van der Waals surface area contributed by atoms with Crippen molar-refractivity contribution in [2.24, 2.45) is 5.92 Å². The summed E-state index contributed by atoms with van der Waals surface area (Å²) in [6.45, 7) is 1.97. The Morgan fingerprint density at radius 1 is 1.43 bits per heavy atom. The minimum absolute atomic E-state index is 0.103. The number of carboxylic acid groups (broad SMARTS) is 1. The quantitative estimate of drug-likeness (QED) is 0.844. The van der Waals surface area contributed by atoms with Crippen LogP contribution in [0.4, 0.5) is 5.00 Å². The molecule has 6 heteroatoms. The molecule has 1 N–H and O–H groups in total. The van der Waals surface area contributed by atoms with E-state index in [1.807, 2.05) is 0 Å². The monoisotopic (exact) mass is 303 g/mol. The van der Waals surface area contributed by atoms with Gasteiger partial charge in [0.2, 0.25) is 0 Å². The summed E-state index contributed by atoms with van der Waals surface area (Å²) in [4.78, 5) is 14.0. The fourth-order valence-electron chi connectivity index (χ4n) is 2.60. The highest BCUT2D eigenvalue weighted by Gasteiger charge is 2.25. The van der Waals surface area contributed by atoms with Gasteiger partial charge in [0.15, 0.2) is 0 Å². The zero-order chi connectivity index (χ0) is 15.4. The van der Waals surface area contributed by atoms with Gasteiger partial charge in [0.25, 0.3) is 0 Å². The van der Waals surface area contributed by atoms with E-state index in [2.05, 4.69) is 12.1 Å². The Morgan fingerprint density at radius 3 is 2.76 bits per heavy atom. The fraction of sp³-hybridized carbons (Fsp3) is 0.533. The average molecular weight is 303 g/mol. The topological polar surface area (TPSA) is 88.1 Å². The van der Waals surface area contributed by atoms with E-state index in [0.717, 1.165) is 36.2 Å². The van der Waals surface area contributed by atoms with E-state index in [1.54, 1.807) is 23.2 Å². The standard InChI is InChI=1S/C15H17N3O2S/c1-10(15(19)20)9-18(7-6-16)14-12(8-17)11-4-2-3-5-13(11)21-14/h10H,2-5,7,9H2,1H3,(H,19,20). The third kappa shape index (κ3) is 3.17. The van der Waals surface area contributed by atoms with E-state index >= 15 is 0 Å². The highest BCUT2D eigenvalue weighted by atomic mass is 32.1. The van der Waals surface area contributed by atoms with Crippen molar-refractivity contribution in [3.63, 3.8) is 0 Å². The molecule has 0 radical (unpaired) electrons. The molecule has 2 rings (SSSR count). The Labute approximate surface area is 128 Å². The summed E-state index contributed by atoms with van der Waals surface area (Å²) >= 11 is 1.55. The van der Waals surface area contributed by atoms with Gasteiger partial charge in [-0.15, -0.1) is 11.3 Å². The number of fused-ring (bicyclic) bond motifs is 1. The summed E-state index contributed by atoms with van der Waals surface area (Å²) in [6.07, 6.45) is 4.09. The van der Waals surface area contributed by atoms with Crippen LogP contribution in [-0.4, -0.2) is 24.2 Å². The van der Waals surface area contributed by atoms with Gasteiger partial charge in [-0.3, -0.25) is 4.79 Å². The normalized spacial score (nSPS) is 14.6. The van der Waals surface area contributed by atoms with Crippen molar-refractivity contribution in [2.75, 3.05) is 18.0 Å². The van der Waals surface area contributed by atoms with Crippen LogP contribution in [0.25, 0.3) is 0 Å². The van der Waals surface area contributed by atoms with Crippen LogP contribution >= 0.6 is 11.3 Å². The lowest BCUT2D eigenvalue weighted by atomic mass is 9.96. The number of aliphatic carboxylic acids is 1. The fourth-order valence-corrected chi connectivity index (χ4v) is 3.95. The van der Waals surface area contributed by atoms with Crippen LogP contribution in [0.1, 0.15) is 35.8 Å². The van der Waals surface area contributed by atoms with Gasteiger partial charge < -0.3 is 10.0 Å². The molecular formula is C15H17N3O2S. The molecule has 0 aliphatic heterocycles. The molecule has 1 unspecified atom stereocenters. The molecule has 1 aliphatic carbocycles. The summed E-state index contributed by atoms with van der Waals surface area (Å²) in [6, 6.07) is 4.33. The molecule has 1 aromatic rings. The van der Waals surface area contributed by atoms with Gasteiger partial charge in [0.1, 0.15) is 17.6 Å². The maximum atomic E-state index is 11.0. The number of hydrogen-bond donors (Lipinski definition) is 1. The molecule has 1 atom stereocenters. The lowest BCUT2D eigenvalue weighted by Crippen LogP contribution is -2.32. The zero-order valence-corrected chi connectivity index (χ0v) is 12.7. The largest absolute Gasteiger partial charge is 0.481 e. The average Bonchev–Trinajstić information content (AvgIpc) is 2.84. The van der Waals surface area contributed by atoms with Crippen molar-refractivity contribution < 1.29 is 9.90 Å². The van der Waals surface area contributed by atoms with Gasteiger partial charge in [0, 0.05) is 11.4 Å². The van der Waals surface area contributed by atoms with Crippen LogP contribution in [0.2, 0.25) is 0 Å². The van der Waals surface area contributed by atoms with Crippen LogP contribution in [0.15, 0.2) is 0 Å². The van der Waals surface area contributed by atoms with E-state index in [4.69, 9.17) is 10.4 Å². The van der Waals surface area contributed by atoms with E-state index in [0.29, 0.717) is 5.56 Å². The number of anilines is 1. The second-order valence-electron chi connectivity index (χ2n) is 5.28.